The average Bonchev–Trinajstić information content (AvgIpc) is 3.07. The topological polar surface area (TPSA) is 68.3 Å². The van der Waals surface area contributed by atoms with Crippen LogP contribution in [0.15, 0.2) is 18.2 Å². The molecule has 5 nitrogen and oxygen atoms in total. The number of phenols is 1. The van der Waals surface area contributed by atoms with Crippen LogP contribution in [0.2, 0.25) is 0 Å². The second kappa shape index (κ2) is 5.54. The van der Waals surface area contributed by atoms with Crippen LogP contribution < -0.4 is 9.47 Å². The first-order valence-electron chi connectivity index (χ1n) is 5.02. The number of aromatic hydroxyl groups is 1. The largest absolute Gasteiger partial charge is 0.504 e. The van der Waals surface area contributed by atoms with E-state index in [9.17, 15) is 9.90 Å². The number of phenolic OH excluding ortho intramolecular Hbond substituents is 1. The minimum absolute atomic E-state index is 0.0515. The molecule has 2 unspecified atom stereocenters. The number of epoxide rings is 1. The highest BCUT2D eigenvalue weighted by atomic mass is 127. The molecule has 1 aliphatic heterocycles. The van der Waals surface area contributed by atoms with Crippen LogP contribution in [0.5, 0.6) is 17.2 Å². The number of hydrogen-bond acceptors (Lipinski definition) is 5. The summed E-state index contributed by atoms with van der Waals surface area (Å²) in [6, 6.07) is 4.59. The molecule has 0 aromatic heterocycles. The highest BCUT2D eigenvalue weighted by Gasteiger charge is 2.38. The highest BCUT2D eigenvalue weighted by molar-refractivity contribution is 14.1. The number of para-hydroxylation sites is 1. The first-order chi connectivity index (χ1) is 8.26. The molecule has 1 aromatic carbocycles. The highest BCUT2D eigenvalue weighted by Crippen LogP contribution is 2.37. The van der Waals surface area contributed by atoms with Gasteiger partial charge in [-0.15, -0.1) is 0 Å². The van der Waals surface area contributed by atoms with Gasteiger partial charge in [-0.05, 0) is 12.1 Å². The normalized spacial score (nSPS) is 21.9. The standard InChI is InChI=1S/C11H11IO5/c12-4-9-10(17-9)5-15-11-7(14)2-1-3-8(11)16-6-13/h1-3,6,9-10,14H,4-5H2. The summed E-state index contributed by atoms with van der Waals surface area (Å²) in [6.07, 6.45) is 0.271. The average molecular weight is 350 g/mol. The second-order valence-corrected chi connectivity index (χ2v) is 4.38. The van der Waals surface area contributed by atoms with Crippen molar-refractivity contribution in [2.45, 2.75) is 12.2 Å². The molecular formula is C11H11IO5. The molecule has 2 rings (SSSR count). The maximum absolute atomic E-state index is 10.3. The Bertz CT molecular complexity index is 409. The molecular weight excluding hydrogens is 339 g/mol. The van der Waals surface area contributed by atoms with E-state index in [0.717, 1.165) is 4.43 Å². The molecule has 0 bridgehead atoms. The van der Waals surface area contributed by atoms with Gasteiger partial charge in [-0.25, -0.2) is 0 Å². The van der Waals surface area contributed by atoms with Gasteiger partial charge in [-0.2, -0.15) is 0 Å². The van der Waals surface area contributed by atoms with Crippen LogP contribution >= 0.6 is 22.6 Å². The third-order valence-corrected chi connectivity index (χ3v) is 3.23. The van der Waals surface area contributed by atoms with Gasteiger partial charge in [0.15, 0.2) is 11.5 Å². The molecule has 0 aliphatic carbocycles. The van der Waals surface area contributed by atoms with E-state index in [1.165, 1.54) is 6.07 Å². The molecule has 0 spiro atoms. The van der Waals surface area contributed by atoms with Crippen LogP contribution in [-0.2, 0) is 9.53 Å². The van der Waals surface area contributed by atoms with Crippen molar-refractivity contribution in [2.24, 2.45) is 0 Å². The van der Waals surface area contributed by atoms with E-state index in [1.807, 2.05) is 0 Å². The predicted octanol–water partition coefficient (Wildman–Crippen LogP) is 1.51. The Balaban J connectivity index is 2.01. The number of ether oxygens (including phenoxy) is 3. The van der Waals surface area contributed by atoms with Crippen LogP contribution in [0.4, 0.5) is 0 Å². The molecule has 0 saturated carbocycles. The van der Waals surface area contributed by atoms with Crippen molar-refractivity contribution in [1.29, 1.82) is 0 Å². The van der Waals surface area contributed by atoms with Crippen molar-refractivity contribution in [2.75, 3.05) is 11.0 Å². The zero-order valence-corrected chi connectivity index (χ0v) is 11.0. The lowest BCUT2D eigenvalue weighted by Gasteiger charge is -2.10. The minimum atomic E-state index is -0.0592. The predicted molar refractivity (Wildman–Crippen MR) is 67.8 cm³/mol. The van der Waals surface area contributed by atoms with Crippen LogP contribution in [-0.4, -0.2) is 34.8 Å². The molecule has 1 heterocycles. The zero-order chi connectivity index (χ0) is 12.3. The third-order valence-electron chi connectivity index (χ3n) is 2.36. The lowest BCUT2D eigenvalue weighted by molar-refractivity contribution is -0.120. The molecule has 0 amide bonds. The van der Waals surface area contributed by atoms with Crippen LogP contribution in [0, 0.1) is 0 Å². The van der Waals surface area contributed by atoms with Gasteiger partial charge in [-0.1, -0.05) is 28.7 Å². The quantitative estimate of drug-likeness (QED) is 0.365. The van der Waals surface area contributed by atoms with Crippen molar-refractivity contribution >= 4 is 29.1 Å². The molecule has 6 heteroatoms. The summed E-state index contributed by atoms with van der Waals surface area (Å²) < 4.78 is 16.3. The number of benzene rings is 1. The van der Waals surface area contributed by atoms with Crippen molar-refractivity contribution in [3.63, 3.8) is 0 Å². The molecule has 1 aliphatic rings. The Morgan fingerprint density at radius 3 is 2.94 bits per heavy atom. The summed E-state index contributed by atoms with van der Waals surface area (Å²) in [5.74, 6) is 0.310. The van der Waals surface area contributed by atoms with Gasteiger partial charge in [0.2, 0.25) is 5.75 Å². The van der Waals surface area contributed by atoms with E-state index >= 15 is 0 Å². The summed E-state index contributed by atoms with van der Waals surface area (Å²) in [5.41, 5.74) is 0. The maximum atomic E-state index is 10.3. The fourth-order valence-electron chi connectivity index (χ4n) is 1.42. The monoisotopic (exact) mass is 350 g/mol. The first kappa shape index (κ1) is 12.4. The Morgan fingerprint density at radius 2 is 2.29 bits per heavy atom. The molecule has 1 N–H and O–H groups in total. The fourth-order valence-corrected chi connectivity index (χ4v) is 2.20. The fraction of sp³-hybridized carbons (Fsp3) is 0.364. The third kappa shape index (κ3) is 3.01. The number of halogens is 1. The van der Waals surface area contributed by atoms with Crippen molar-refractivity contribution in [3.8, 4) is 17.2 Å². The lowest BCUT2D eigenvalue weighted by Crippen LogP contribution is -2.09. The molecule has 92 valence electrons. The summed E-state index contributed by atoms with van der Waals surface area (Å²) in [4.78, 5) is 10.3. The first-order valence-corrected chi connectivity index (χ1v) is 6.55. The number of hydrogen-bond donors (Lipinski definition) is 1. The molecule has 1 saturated heterocycles. The summed E-state index contributed by atoms with van der Waals surface area (Å²) in [6.45, 7) is 0.628. The summed E-state index contributed by atoms with van der Waals surface area (Å²) in [5, 5.41) is 9.61. The maximum Gasteiger partial charge on any atom is 0.298 e. The van der Waals surface area contributed by atoms with Crippen LogP contribution in [0.3, 0.4) is 0 Å². The van der Waals surface area contributed by atoms with Gasteiger partial charge in [0.1, 0.15) is 12.7 Å². The van der Waals surface area contributed by atoms with Gasteiger partial charge in [0.05, 0.1) is 6.10 Å². The van der Waals surface area contributed by atoms with Gasteiger partial charge < -0.3 is 19.3 Å². The van der Waals surface area contributed by atoms with Gasteiger partial charge >= 0.3 is 0 Å². The molecule has 0 radical (unpaired) electrons. The van der Waals surface area contributed by atoms with Crippen molar-refractivity contribution in [1.82, 2.24) is 0 Å². The molecule has 17 heavy (non-hydrogen) atoms. The number of carbonyl (C=O) groups excluding carboxylic acids is 1. The van der Waals surface area contributed by atoms with E-state index in [0.29, 0.717) is 13.1 Å². The Labute approximate surface area is 112 Å². The Hall–Kier alpha value is -1.02. The van der Waals surface area contributed by atoms with Gasteiger partial charge in [-0.3, -0.25) is 4.79 Å². The van der Waals surface area contributed by atoms with E-state index in [2.05, 4.69) is 22.6 Å². The SMILES string of the molecule is O=COc1cccc(O)c1OCC1OC1CI. The number of rotatable bonds is 6. The molecule has 1 aromatic rings. The summed E-state index contributed by atoms with van der Waals surface area (Å²) in [7, 11) is 0. The van der Waals surface area contributed by atoms with E-state index in [-0.39, 0.29) is 29.5 Å². The van der Waals surface area contributed by atoms with E-state index in [1.54, 1.807) is 12.1 Å². The lowest BCUT2D eigenvalue weighted by atomic mass is 10.3. The Kier molecular flexibility index (Phi) is 4.06. The second-order valence-electron chi connectivity index (χ2n) is 3.50. The summed E-state index contributed by atoms with van der Waals surface area (Å²) >= 11 is 2.24. The van der Waals surface area contributed by atoms with Crippen molar-refractivity contribution < 1.29 is 24.1 Å². The molecule has 2 atom stereocenters. The molecule has 1 fully saturated rings. The van der Waals surface area contributed by atoms with Gasteiger partial charge in [0.25, 0.3) is 6.47 Å². The minimum Gasteiger partial charge on any atom is -0.504 e. The Morgan fingerprint density at radius 1 is 1.47 bits per heavy atom. The van der Waals surface area contributed by atoms with E-state index in [4.69, 9.17) is 14.2 Å². The van der Waals surface area contributed by atoms with Gasteiger partial charge in [0, 0.05) is 4.43 Å². The van der Waals surface area contributed by atoms with E-state index < -0.39 is 0 Å². The number of alkyl halides is 1. The number of carbonyl (C=O) groups is 1. The van der Waals surface area contributed by atoms with Crippen LogP contribution in [0.25, 0.3) is 0 Å². The van der Waals surface area contributed by atoms with Crippen molar-refractivity contribution in [3.05, 3.63) is 18.2 Å². The van der Waals surface area contributed by atoms with Crippen LogP contribution in [0.1, 0.15) is 0 Å². The smallest absolute Gasteiger partial charge is 0.298 e. The zero-order valence-electron chi connectivity index (χ0n) is 8.84.